The molecule has 3 aliphatic rings. The van der Waals surface area contributed by atoms with Crippen LogP contribution in [-0.2, 0) is 19.1 Å². The second-order valence-electron chi connectivity index (χ2n) is 12.4. The first-order chi connectivity index (χ1) is 19.6. The van der Waals surface area contributed by atoms with Crippen molar-refractivity contribution in [1.82, 2.24) is 9.80 Å². The Labute approximate surface area is 245 Å². The summed E-state index contributed by atoms with van der Waals surface area (Å²) < 4.78 is 6.69. The summed E-state index contributed by atoms with van der Waals surface area (Å²) in [7, 11) is 0. The Bertz CT molecular complexity index is 1180. The minimum absolute atomic E-state index is 0.119. The predicted octanol–water partition coefficient (Wildman–Crippen LogP) is 4.03. The number of nitrogens with zero attached hydrogens (tertiary/aromatic N) is 3. The normalized spacial score (nSPS) is 27.2. The zero-order chi connectivity index (χ0) is 30.1. The maximum atomic E-state index is 14.8. The van der Waals surface area contributed by atoms with Crippen LogP contribution in [0.4, 0.5) is 5.69 Å². The van der Waals surface area contributed by atoms with Crippen molar-refractivity contribution in [1.29, 1.82) is 0 Å². The zero-order valence-corrected chi connectivity index (χ0v) is 25.3. The largest absolute Gasteiger partial charge is 0.394 e. The van der Waals surface area contributed by atoms with Crippen LogP contribution in [0, 0.1) is 31.6 Å². The highest BCUT2D eigenvalue weighted by Gasteiger charge is 2.75. The first-order valence-corrected chi connectivity index (χ1v) is 15.1. The van der Waals surface area contributed by atoms with Crippen molar-refractivity contribution >= 4 is 23.4 Å². The van der Waals surface area contributed by atoms with Gasteiger partial charge in [-0.15, -0.1) is 13.2 Å². The van der Waals surface area contributed by atoms with E-state index in [0.29, 0.717) is 32.4 Å². The van der Waals surface area contributed by atoms with E-state index in [-0.39, 0.29) is 36.8 Å². The molecule has 0 aromatic heterocycles. The molecule has 1 aromatic rings. The molecule has 3 aliphatic heterocycles. The molecule has 3 heterocycles. The van der Waals surface area contributed by atoms with Crippen LogP contribution < -0.4 is 4.90 Å². The van der Waals surface area contributed by atoms with E-state index in [0.717, 1.165) is 23.2 Å². The highest BCUT2D eigenvalue weighted by atomic mass is 16.5. The van der Waals surface area contributed by atoms with Crippen molar-refractivity contribution in [3.05, 3.63) is 54.6 Å². The summed E-state index contributed by atoms with van der Waals surface area (Å²) in [6, 6.07) is 4.43. The van der Waals surface area contributed by atoms with E-state index in [1.807, 2.05) is 52.8 Å². The van der Waals surface area contributed by atoms with E-state index in [1.54, 1.807) is 26.9 Å². The number of fused-ring (bicyclic) bond motifs is 1. The maximum absolute atomic E-state index is 14.8. The smallest absolute Gasteiger partial charge is 0.253 e. The molecule has 0 radical (unpaired) electrons. The quantitative estimate of drug-likeness (QED) is 0.365. The number of hydrogen-bond acceptors (Lipinski definition) is 5. The number of ether oxygens (including phenoxy) is 1. The molecular weight excluding hydrogens is 518 g/mol. The Balaban J connectivity index is 1.84. The molecular formula is C33H47N3O5. The standard InChI is InChI=1S/C33H47N3O5/c1-8-15-34(16-9-2)30(38)27-26-13-14-33(41-26)28(27)31(39)36(24(20-37)18-21(4)5)29(33)32(40)35(17-10-3)25-19-22(6)11-12-23(25)7/h8,10-12,19,21,24,26-29,37H,1,3,9,13-18,20H2,2,4-7H3/t24-,26+,27-,28+,29?,33?/m1/s1. The van der Waals surface area contributed by atoms with Crippen LogP contribution in [0.2, 0.25) is 0 Å². The Kier molecular flexibility index (Phi) is 9.44. The lowest BCUT2D eigenvalue weighted by Gasteiger charge is -2.40. The van der Waals surface area contributed by atoms with E-state index < -0.39 is 35.6 Å². The third-order valence-corrected chi connectivity index (χ3v) is 8.99. The first kappa shape index (κ1) is 31.0. The monoisotopic (exact) mass is 565 g/mol. The van der Waals surface area contributed by atoms with Gasteiger partial charge >= 0.3 is 0 Å². The van der Waals surface area contributed by atoms with Crippen molar-refractivity contribution < 1.29 is 24.2 Å². The molecule has 3 amide bonds. The van der Waals surface area contributed by atoms with Gasteiger partial charge in [0.2, 0.25) is 11.8 Å². The summed E-state index contributed by atoms with van der Waals surface area (Å²) in [5.74, 6) is -1.92. The Morgan fingerprint density at radius 2 is 1.90 bits per heavy atom. The number of amides is 3. The number of carbonyl (C=O) groups excluding carboxylic acids is 3. The molecule has 41 heavy (non-hydrogen) atoms. The van der Waals surface area contributed by atoms with Crippen molar-refractivity contribution in [2.75, 3.05) is 31.1 Å². The maximum Gasteiger partial charge on any atom is 0.253 e. The number of hydrogen-bond donors (Lipinski definition) is 1. The van der Waals surface area contributed by atoms with Crippen LogP contribution in [0.15, 0.2) is 43.5 Å². The summed E-state index contributed by atoms with van der Waals surface area (Å²) in [5.41, 5.74) is 1.57. The highest BCUT2D eigenvalue weighted by molar-refractivity contribution is 6.05. The van der Waals surface area contributed by atoms with Crippen molar-refractivity contribution in [3.8, 4) is 0 Å². The van der Waals surface area contributed by atoms with Gasteiger partial charge in [-0.2, -0.15) is 0 Å². The molecule has 6 atom stereocenters. The Morgan fingerprint density at radius 1 is 1.20 bits per heavy atom. The Hall–Kier alpha value is -2.97. The van der Waals surface area contributed by atoms with Gasteiger partial charge in [-0.1, -0.05) is 45.1 Å². The fourth-order valence-corrected chi connectivity index (χ4v) is 7.39. The van der Waals surface area contributed by atoms with Gasteiger partial charge in [-0.25, -0.2) is 0 Å². The molecule has 0 saturated carbocycles. The fraction of sp³-hybridized carbons (Fsp3) is 0.606. The second-order valence-corrected chi connectivity index (χ2v) is 12.4. The average molecular weight is 566 g/mol. The van der Waals surface area contributed by atoms with Gasteiger partial charge in [-0.05, 0) is 62.6 Å². The molecule has 2 unspecified atom stereocenters. The minimum Gasteiger partial charge on any atom is -0.394 e. The van der Waals surface area contributed by atoms with E-state index in [9.17, 15) is 19.5 Å². The molecule has 224 valence electrons. The third kappa shape index (κ3) is 5.37. The lowest BCUT2D eigenvalue weighted by molar-refractivity contribution is -0.147. The lowest BCUT2D eigenvalue weighted by Crippen LogP contribution is -2.59. The lowest BCUT2D eigenvalue weighted by atomic mass is 9.70. The van der Waals surface area contributed by atoms with Gasteiger partial charge in [0, 0.05) is 25.3 Å². The van der Waals surface area contributed by atoms with Gasteiger partial charge in [0.25, 0.3) is 5.91 Å². The van der Waals surface area contributed by atoms with Gasteiger partial charge in [0.1, 0.15) is 11.6 Å². The summed E-state index contributed by atoms with van der Waals surface area (Å²) in [5, 5.41) is 10.6. The molecule has 8 heteroatoms. The Morgan fingerprint density at radius 3 is 2.51 bits per heavy atom. The summed E-state index contributed by atoms with van der Waals surface area (Å²) >= 11 is 0. The third-order valence-electron chi connectivity index (χ3n) is 8.99. The SMILES string of the molecule is C=CCN(CCC)C(=O)[C@@H]1[C@@H]2CCC3(O2)C(C(=O)N(CC=C)c2cc(C)ccc2C)N([C@@H](CO)CC(C)C)C(=O)[C@H]13. The molecule has 0 aliphatic carbocycles. The number of likely N-dealkylation sites (tertiary alicyclic amines) is 1. The molecule has 1 N–H and O–H groups in total. The van der Waals surface area contributed by atoms with Crippen LogP contribution in [-0.4, -0.2) is 82.7 Å². The van der Waals surface area contributed by atoms with Crippen molar-refractivity contribution in [2.45, 2.75) is 84.1 Å². The predicted molar refractivity (Wildman–Crippen MR) is 160 cm³/mol. The minimum atomic E-state index is -1.13. The summed E-state index contributed by atoms with van der Waals surface area (Å²) in [6.45, 7) is 18.7. The topological polar surface area (TPSA) is 90.4 Å². The second kappa shape index (κ2) is 12.5. The number of aliphatic hydroxyl groups excluding tert-OH is 1. The summed E-state index contributed by atoms with van der Waals surface area (Å²) in [6.07, 6.45) is 5.38. The van der Waals surface area contributed by atoms with Crippen LogP contribution >= 0.6 is 0 Å². The molecule has 1 spiro atoms. The van der Waals surface area contributed by atoms with E-state index in [2.05, 4.69) is 13.2 Å². The van der Waals surface area contributed by atoms with Crippen molar-refractivity contribution in [2.24, 2.45) is 17.8 Å². The number of rotatable bonds is 13. The number of benzene rings is 1. The zero-order valence-electron chi connectivity index (χ0n) is 25.3. The molecule has 1 aromatic carbocycles. The van der Waals surface area contributed by atoms with E-state index >= 15 is 0 Å². The molecule has 4 rings (SSSR count). The highest BCUT2D eigenvalue weighted by Crippen LogP contribution is 2.59. The fourth-order valence-electron chi connectivity index (χ4n) is 7.39. The van der Waals surface area contributed by atoms with Crippen LogP contribution in [0.1, 0.15) is 57.6 Å². The average Bonchev–Trinajstić information content (AvgIpc) is 3.58. The summed E-state index contributed by atoms with van der Waals surface area (Å²) in [4.78, 5) is 48.4. The molecule has 8 nitrogen and oxygen atoms in total. The van der Waals surface area contributed by atoms with E-state index in [1.165, 1.54) is 0 Å². The van der Waals surface area contributed by atoms with Crippen LogP contribution in [0.5, 0.6) is 0 Å². The number of anilines is 1. The molecule has 3 saturated heterocycles. The van der Waals surface area contributed by atoms with Gasteiger partial charge in [0.05, 0.1) is 30.6 Å². The number of carbonyl (C=O) groups is 3. The number of aryl methyl sites for hydroxylation is 2. The first-order valence-electron chi connectivity index (χ1n) is 15.1. The van der Waals surface area contributed by atoms with Gasteiger partial charge < -0.3 is 24.5 Å². The van der Waals surface area contributed by atoms with Crippen LogP contribution in [0.3, 0.4) is 0 Å². The van der Waals surface area contributed by atoms with Crippen LogP contribution in [0.25, 0.3) is 0 Å². The van der Waals surface area contributed by atoms with Gasteiger partial charge in [0.15, 0.2) is 0 Å². The van der Waals surface area contributed by atoms with Crippen molar-refractivity contribution in [3.63, 3.8) is 0 Å². The molecule has 3 fully saturated rings. The molecule has 2 bridgehead atoms. The van der Waals surface area contributed by atoms with E-state index in [4.69, 9.17) is 4.74 Å². The number of aliphatic hydroxyl groups is 1. The van der Waals surface area contributed by atoms with Gasteiger partial charge in [-0.3, -0.25) is 14.4 Å².